The number of imidazole rings is 2. The van der Waals surface area contributed by atoms with Gasteiger partial charge >= 0.3 is 0 Å². The molecule has 0 aliphatic heterocycles. The minimum Gasteiger partial charge on any atom is -0.457 e. The van der Waals surface area contributed by atoms with Gasteiger partial charge in [-0.3, -0.25) is 9.13 Å². The van der Waals surface area contributed by atoms with Crippen LogP contribution in [0.1, 0.15) is 112 Å². The van der Waals surface area contributed by atoms with E-state index in [4.69, 9.17) is 14.7 Å². The lowest BCUT2D eigenvalue weighted by Gasteiger charge is -2.22. The van der Waals surface area contributed by atoms with Gasteiger partial charge in [-0.15, -0.1) is 0 Å². The predicted octanol–water partition coefficient (Wildman–Crippen LogP) is 12.3. The molecule has 6 aromatic rings. The Kier molecular flexibility index (Phi) is 9.65. The highest BCUT2D eigenvalue weighted by Gasteiger charge is 2.21. The van der Waals surface area contributed by atoms with Crippen LogP contribution >= 0.6 is 0 Å². The number of nitrogens with zero attached hydrogens (tertiary/aromatic N) is 4. The van der Waals surface area contributed by atoms with Gasteiger partial charge < -0.3 is 4.74 Å². The normalized spacial score (nSPS) is 11.8. The topological polar surface area (TPSA) is 44.9 Å². The summed E-state index contributed by atoms with van der Waals surface area (Å²) < 4.78 is 11.2. The number of hydrogen-bond acceptors (Lipinski definition) is 3. The van der Waals surface area contributed by atoms with E-state index in [1.165, 1.54) is 33.6 Å². The summed E-state index contributed by atoms with van der Waals surface area (Å²) in [6.45, 7) is 22.3. The van der Waals surface area contributed by atoms with E-state index < -0.39 is 0 Å². The average Bonchev–Trinajstić information content (AvgIpc) is 3.74. The zero-order valence-electron chi connectivity index (χ0n) is 30.7. The van der Waals surface area contributed by atoms with Crippen molar-refractivity contribution in [2.45, 2.75) is 92.9 Å². The van der Waals surface area contributed by atoms with Crippen LogP contribution in [0.25, 0.3) is 34.2 Å². The standard InChI is InChI=1S/C44H50N4O/c1-27(2)37-13-11-14-38(28(3)4)41(37)47-19-17-45-43(47)33-21-31(9)23-35(25-33)49-36-24-32(10)22-34(26-36)44-46-18-20-48(44)42-39(29(5)6)15-12-16-40(42)30(7)8/h11-30H,1-10H3. The molecule has 0 atom stereocenters. The van der Waals surface area contributed by atoms with Crippen molar-refractivity contribution in [2.75, 3.05) is 0 Å². The van der Waals surface area contributed by atoms with Crippen LogP contribution in [0.3, 0.4) is 0 Å². The van der Waals surface area contributed by atoms with Gasteiger partial charge in [0.05, 0.1) is 11.4 Å². The third-order valence-corrected chi connectivity index (χ3v) is 9.30. The molecule has 6 rings (SSSR count). The largest absolute Gasteiger partial charge is 0.457 e. The highest BCUT2D eigenvalue weighted by Crippen LogP contribution is 2.38. The lowest BCUT2D eigenvalue weighted by Crippen LogP contribution is -2.08. The van der Waals surface area contributed by atoms with Gasteiger partial charge in [0.2, 0.25) is 0 Å². The van der Waals surface area contributed by atoms with Gasteiger partial charge in [-0.2, -0.15) is 0 Å². The second-order valence-electron chi connectivity index (χ2n) is 14.6. The number of benzene rings is 4. The molecule has 0 saturated carbocycles. The monoisotopic (exact) mass is 650 g/mol. The summed E-state index contributed by atoms with van der Waals surface area (Å²) >= 11 is 0. The van der Waals surface area contributed by atoms with E-state index >= 15 is 0 Å². The molecule has 2 heterocycles. The molecule has 0 spiro atoms. The molecule has 4 aromatic carbocycles. The molecule has 252 valence electrons. The maximum atomic E-state index is 6.68. The zero-order chi connectivity index (χ0) is 35.0. The number of aryl methyl sites for hydroxylation is 2. The number of ether oxygens (including phenoxy) is 1. The molecule has 0 radical (unpaired) electrons. The second-order valence-corrected chi connectivity index (χ2v) is 14.6. The Morgan fingerprint density at radius 1 is 0.490 bits per heavy atom. The quantitative estimate of drug-likeness (QED) is 0.148. The van der Waals surface area contributed by atoms with Gasteiger partial charge in [0.1, 0.15) is 23.1 Å². The Bertz CT molecular complexity index is 1890. The Balaban J connectivity index is 1.40. The van der Waals surface area contributed by atoms with Crippen LogP contribution in [0.4, 0.5) is 0 Å². The van der Waals surface area contributed by atoms with Gasteiger partial charge in [-0.1, -0.05) is 91.8 Å². The number of hydrogen-bond donors (Lipinski definition) is 0. The van der Waals surface area contributed by atoms with Crippen molar-refractivity contribution >= 4 is 0 Å². The Morgan fingerprint density at radius 3 is 1.16 bits per heavy atom. The van der Waals surface area contributed by atoms with Crippen LogP contribution in [0, 0.1) is 13.8 Å². The molecular weight excluding hydrogens is 601 g/mol. The maximum absolute atomic E-state index is 6.68. The van der Waals surface area contributed by atoms with E-state index in [9.17, 15) is 0 Å². The van der Waals surface area contributed by atoms with Crippen molar-refractivity contribution < 1.29 is 4.74 Å². The summed E-state index contributed by atoms with van der Waals surface area (Å²) in [5.74, 6) is 4.87. The van der Waals surface area contributed by atoms with Crippen molar-refractivity contribution in [1.82, 2.24) is 19.1 Å². The summed E-state index contributed by atoms with van der Waals surface area (Å²) in [7, 11) is 0. The van der Waals surface area contributed by atoms with Gasteiger partial charge in [0.15, 0.2) is 0 Å². The van der Waals surface area contributed by atoms with Crippen molar-refractivity contribution in [2.24, 2.45) is 0 Å². The van der Waals surface area contributed by atoms with E-state index in [2.05, 4.69) is 164 Å². The van der Waals surface area contributed by atoms with Gasteiger partial charge in [-0.05, 0) is 107 Å². The smallest absolute Gasteiger partial charge is 0.144 e. The predicted molar refractivity (Wildman–Crippen MR) is 204 cm³/mol. The summed E-state index contributed by atoms with van der Waals surface area (Å²) in [6, 6.07) is 26.1. The number of aromatic nitrogens is 4. The first-order valence-corrected chi connectivity index (χ1v) is 17.7. The van der Waals surface area contributed by atoms with Gasteiger partial charge in [0.25, 0.3) is 0 Å². The third-order valence-electron chi connectivity index (χ3n) is 9.30. The van der Waals surface area contributed by atoms with E-state index in [-0.39, 0.29) is 0 Å². The minimum absolute atomic E-state index is 0.377. The molecule has 0 fully saturated rings. The number of rotatable bonds is 10. The van der Waals surface area contributed by atoms with Crippen LogP contribution in [0.5, 0.6) is 11.5 Å². The van der Waals surface area contributed by atoms with Gasteiger partial charge in [-0.25, -0.2) is 9.97 Å². The first-order valence-electron chi connectivity index (χ1n) is 17.7. The highest BCUT2D eigenvalue weighted by molar-refractivity contribution is 5.67. The summed E-state index contributed by atoms with van der Waals surface area (Å²) in [6.07, 6.45) is 7.97. The molecule has 2 aromatic heterocycles. The molecular formula is C44H50N4O. The molecule has 49 heavy (non-hydrogen) atoms. The fourth-order valence-electron chi connectivity index (χ4n) is 6.98. The lowest BCUT2D eigenvalue weighted by atomic mass is 9.92. The molecule has 0 amide bonds. The Labute approximate surface area is 292 Å². The van der Waals surface area contributed by atoms with Crippen molar-refractivity contribution in [3.8, 4) is 45.6 Å². The van der Waals surface area contributed by atoms with Crippen molar-refractivity contribution in [3.05, 3.63) is 131 Å². The Morgan fingerprint density at radius 2 is 0.837 bits per heavy atom. The molecule has 0 unspecified atom stereocenters. The van der Waals surface area contributed by atoms with E-state index in [1.54, 1.807) is 0 Å². The van der Waals surface area contributed by atoms with E-state index in [0.29, 0.717) is 23.7 Å². The fourth-order valence-corrected chi connectivity index (χ4v) is 6.98. The van der Waals surface area contributed by atoms with E-state index in [0.717, 1.165) is 45.4 Å². The molecule has 5 nitrogen and oxygen atoms in total. The molecule has 5 heteroatoms. The summed E-state index contributed by atoms with van der Waals surface area (Å²) in [5.41, 5.74) is 12.0. The van der Waals surface area contributed by atoms with Crippen LogP contribution in [0.2, 0.25) is 0 Å². The lowest BCUT2D eigenvalue weighted by molar-refractivity contribution is 0.482. The van der Waals surface area contributed by atoms with Crippen LogP contribution in [-0.2, 0) is 0 Å². The molecule has 0 aliphatic rings. The van der Waals surface area contributed by atoms with Crippen molar-refractivity contribution in [1.29, 1.82) is 0 Å². The van der Waals surface area contributed by atoms with Crippen LogP contribution in [-0.4, -0.2) is 19.1 Å². The Hall–Kier alpha value is -4.90. The average molecular weight is 651 g/mol. The van der Waals surface area contributed by atoms with Gasteiger partial charge in [0, 0.05) is 35.9 Å². The maximum Gasteiger partial charge on any atom is 0.144 e. The highest BCUT2D eigenvalue weighted by atomic mass is 16.5. The zero-order valence-corrected chi connectivity index (χ0v) is 30.7. The van der Waals surface area contributed by atoms with Crippen molar-refractivity contribution in [3.63, 3.8) is 0 Å². The molecule has 0 N–H and O–H groups in total. The first-order chi connectivity index (χ1) is 23.4. The molecule has 0 bridgehead atoms. The molecule has 0 saturated heterocycles. The molecule has 0 aliphatic carbocycles. The second kappa shape index (κ2) is 13.9. The van der Waals surface area contributed by atoms with Crippen LogP contribution < -0.4 is 4.74 Å². The minimum atomic E-state index is 0.377. The van der Waals surface area contributed by atoms with Crippen LogP contribution in [0.15, 0.2) is 97.6 Å². The number of para-hydroxylation sites is 2. The summed E-state index contributed by atoms with van der Waals surface area (Å²) in [5, 5.41) is 0. The summed E-state index contributed by atoms with van der Waals surface area (Å²) in [4.78, 5) is 9.78. The SMILES string of the molecule is Cc1cc(Oc2cc(C)cc(-c3nccn3-c3c(C(C)C)cccc3C(C)C)c2)cc(-c2nccn2-c2c(C(C)C)cccc2C(C)C)c1. The third kappa shape index (κ3) is 6.85. The fraction of sp³-hybridized carbons (Fsp3) is 0.318. The van der Waals surface area contributed by atoms with E-state index in [1.807, 2.05) is 12.4 Å². The first kappa shape index (κ1) is 34.0.